The second kappa shape index (κ2) is 15.0. The number of likely N-dealkylation sites (tertiary alicyclic amines) is 1. The van der Waals surface area contributed by atoms with Crippen molar-refractivity contribution in [2.75, 3.05) is 52.1 Å². The Kier molecular flexibility index (Phi) is 11.2. The molecule has 1 fully saturated rings. The molecule has 9 nitrogen and oxygen atoms in total. The number of pyridine rings is 1. The smallest absolute Gasteiger partial charge is 0.256 e. The Morgan fingerprint density at radius 1 is 1.05 bits per heavy atom. The van der Waals surface area contributed by atoms with Gasteiger partial charge in [0, 0.05) is 33.4 Å². The lowest BCUT2D eigenvalue weighted by Crippen LogP contribution is -2.32. The van der Waals surface area contributed by atoms with Crippen molar-refractivity contribution in [3.8, 4) is 17.2 Å². The molecule has 4 N–H and O–H groups in total. The van der Waals surface area contributed by atoms with Crippen LogP contribution in [-0.4, -0.2) is 67.2 Å². The first-order valence-corrected chi connectivity index (χ1v) is 15.5. The lowest BCUT2D eigenvalue weighted by Gasteiger charge is -2.26. The third-order valence-corrected chi connectivity index (χ3v) is 7.80. The van der Waals surface area contributed by atoms with E-state index in [1.165, 1.54) is 32.5 Å². The molecule has 3 heterocycles. The number of hydrogen-bond acceptors (Lipinski definition) is 7. The molecular weight excluding hydrogens is 540 g/mol. The predicted octanol–water partition coefficient (Wildman–Crippen LogP) is 5.74. The summed E-state index contributed by atoms with van der Waals surface area (Å²) in [5, 5.41) is 10.2. The summed E-state index contributed by atoms with van der Waals surface area (Å²) in [5.74, 6) is 6.48. The first-order valence-electron chi connectivity index (χ1n) is 15.5. The van der Waals surface area contributed by atoms with Gasteiger partial charge in [0.25, 0.3) is 5.91 Å². The lowest BCUT2D eigenvalue weighted by molar-refractivity contribution is 0.0951. The number of nitrogens with one attached hydrogen (secondary N) is 2. The van der Waals surface area contributed by atoms with Gasteiger partial charge in [-0.1, -0.05) is 45.0 Å². The summed E-state index contributed by atoms with van der Waals surface area (Å²) in [6, 6.07) is 15.6. The van der Waals surface area contributed by atoms with E-state index in [-0.39, 0.29) is 16.9 Å². The average Bonchev–Trinajstić information content (AvgIpc) is 3.56. The Bertz CT molecular complexity index is 1610. The second-order valence-electron chi connectivity index (χ2n) is 10.7. The number of unbranched alkanes of at least 4 members (excludes halogenated alkanes) is 1. The largest absolute Gasteiger partial charge is 0.451 e. The monoisotopic (exact) mass is 586 g/mol. The van der Waals surface area contributed by atoms with Gasteiger partial charge >= 0.3 is 0 Å². The standard InChI is InChI=1S/C26H27N5O3.C6H13N.C2H6/c1-28-20-10-9-18-23-25(20)34-22-14-17-8-4-3-7-16(17)13-21(22)31(23)15-19(24(18)32)26(33)29-11-5-6-12-30(2)27;1-2-7-5-3-4-6-7;1-2/h3-4,7-10,13-15,28H,5-6,11-12,27H2,1-2H3,(H,29,33);2-6H2,1H3;1-2H3. The zero-order valence-corrected chi connectivity index (χ0v) is 26.2. The number of amides is 1. The van der Waals surface area contributed by atoms with E-state index in [1.807, 2.05) is 61.9 Å². The minimum atomic E-state index is -0.384. The Labute approximate surface area is 254 Å². The van der Waals surface area contributed by atoms with Crippen molar-refractivity contribution in [1.29, 1.82) is 0 Å². The zero-order chi connectivity index (χ0) is 30.9. The van der Waals surface area contributed by atoms with Gasteiger partial charge in [-0.15, -0.1) is 0 Å². The average molecular weight is 587 g/mol. The van der Waals surface area contributed by atoms with E-state index in [0.29, 0.717) is 28.9 Å². The summed E-state index contributed by atoms with van der Waals surface area (Å²) in [4.78, 5) is 28.9. The quantitative estimate of drug-likeness (QED) is 0.121. The van der Waals surface area contributed by atoms with Crippen molar-refractivity contribution in [2.45, 2.75) is 46.5 Å². The van der Waals surface area contributed by atoms with Crippen molar-refractivity contribution >= 4 is 33.3 Å². The lowest BCUT2D eigenvalue weighted by atomic mass is 10.0. The summed E-state index contributed by atoms with van der Waals surface area (Å²) < 4.78 is 8.21. The van der Waals surface area contributed by atoms with E-state index in [1.54, 1.807) is 30.4 Å². The Hall–Kier alpha value is -3.92. The molecule has 9 heteroatoms. The van der Waals surface area contributed by atoms with E-state index >= 15 is 0 Å². The molecule has 0 unspecified atom stereocenters. The molecule has 3 aromatic carbocycles. The molecule has 1 amide bonds. The van der Waals surface area contributed by atoms with Crippen molar-refractivity contribution in [3.05, 3.63) is 70.5 Å². The van der Waals surface area contributed by atoms with Gasteiger partial charge in [0.05, 0.1) is 16.8 Å². The van der Waals surface area contributed by atoms with Gasteiger partial charge in [0.1, 0.15) is 11.1 Å². The van der Waals surface area contributed by atoms with Gasteiger partial charge in [-0.25, -0.2) is 0 Å². The van der Waals surface area contributed by atoms with Crippen LogP contribution in [0.4, 0.5) is 5.69 Å². The van der Waals surface area contributed by atoms with Gasteiger partial charge in [-0.05, 0) is 80.4 Å². The van der Waals surface area contributed by atoms with E-state index in [0.717, 1.165) is 41.5 Å². The van der Waals surface area contributed by atoms with Crippen LogP contribution in [0.25, 0.3) is 27.4 Å². The van der Waals surface area contributed by atoms with Crippen LogP contribution in [-0.2, 0) is 0 Å². The summed E-state index contributed by atoms with van der Waals surface area (Å²) in [5.41, 5.74) is 1.97. The fourth-order valence-electron chi connectivity index (χ4n) is 5.51. The van der Waals surface area contributed by atoms with Crippen molar-refractivity contribution < 1.29 is 9.53 Å². The zero-order valence-electron chi connectivity index (χ0n) is 26.2. The molecule has 0 aliphatic carbocycles. The Morgan fingerprint density at radius 2 is 1.74 bits per heavy atom. The molecule has 1 aromatic heterocycles. The summed E-state index contributed by atoms with van der Waals surface area (Å²) >= 11 is 0. The van der Waals surface area contributed by atoms with Crippen LogP contribution in [0, 0.1) is 0 Å². The molecule has 230 valence electrons. The molecule has 4 aromatic rings. The molecule has 2 aliphatic rings. The first kappa shape index (κ1) is 32.0. The number of carbonyl (C=O) groups is 1. The van der Waals surface area contributed by atoms with Crippen LogP contribution >= 0.6 is 0 Å². The molecule has 0 radical (unpaired) electrons. The molecule has 0 spiro atoms. The summed E-state index contributed by atoms with van der Waals surface area (Å²) in [6.07, 6.45) is 6.10. The van der Waals surface area contributed by atoms with E-state index in [2.05, 4.69) is 22.5 Å². The maximum atomic E-state index is 13.3. The van der Waals surface area contributed by atoms with Crippen LogP contribution < -0.4 is 26.6 Å². The fourth-order valence-corrected chi connectivity index (χ4v) is 5.51. The maximum absolute atomic E-state index is 13.3. The number of nitrogens with two attached hydrogens (primary N) is 1. The molecule has 43 heavy (non-hydrogen) atoms. The van der Waals surface area contributed by atoms with Crippen LogP contribution in [0.5, 0.6) is 11.5 Å². The van der Waals surface area contributed by atoms with E-state index in [4.69, 9.17) is 10.6 Å². The van der Waals surface area contributed by atoms with Gasteiger partial charge in [-0.2, -0.15) is 0 Å². The third-order valence-electron chi connectivity index (χ3n) is 7.80. The first-order chi connectivity index (χ1) is 20.9. The highest BCUT2D eigenvalue weighted by Gasteiger charge is 2.26. The minimum Gasteiger partial charge on any atom is -0.451 e. The molecule has 1 saturated heterocycles. The summed E-state index contributed by atoms with van der Waals surface area (Å²) in [7, 11) is 3.61. The van der Waals surface area contributed by atoms with Crippen LogP contribution in [0.3, 0.4) is 0 Å². The van der Waals surface area contributed by atoms with Crippen LogP contribution in [0.2, 0.25) is 0 Å². The Morgan fingerprint density at radius 3 is 2.37 bits per heavy atom. The molecule has 0 atom stereocenters. The topological polar surface area (TPSA) is 105 Å². The normalized spacial score (nSPS) is 13.5. The fraction of sp³-hybridized carbons (Fsp3) is 0.412. The SMILES string of the molecule is CC.CCN1CCCC1.CNc1ccc2c(=O)c(C(=O)NCCCCN(C)N)cn3c2c1Oc1cc2ccccc2cc1-3. The molecule has 6 rings (SSSR count). The second-order valence-corrected chi connectivity index (χ2v) is 10.7. The van der Waals surface area contributed by atoms with Crippen molar-refractivity contribution in [1.82, 2.24) is 19.8 Å². The Balaban J connectivity index is 0.000000409. The number of nitrogens with zero attached hydrogens (tertiary/aromatic N) is 3. The van der Waals surface area contributed by atoms with E-state index in [9.17, 15) is 9.59 Å². The highest BCUT2D eigenvalue weighted by molar-refractivity contribution is 6.01. The summed E-state index contributed by atoms with van der Waals surface area (Å²) in [6.45, 7) is 11.4. The maximum Gasteiger partial charge on any atom is 0.256 e. The number of ether oxygens (including phenoxy) is 1. The molecule has 0 saturated carbocycles. The number of hydrogen-bond donors (Lipinski definition) is 3. The number of carbonyl (C=O) groups excluding carboxylic acids is 1. The third kappa shape index (κ3) is 7.18. The minimum absolute atomic E-state index is 0.104. The number of benzene rings is 3. The highest BCUT2D eigenvalue weighted by Crippen LogP contribution is 2.45. The van der Waals surface area contributed by atoms with Crippen molar-refractivity contribution in [3.63, 3.8) is 0 Å². The number of hydrazine groups is 1. The number of rotatable bonds is 8. The molecule has 2 aliphatic heterocycles. The van der Waals surface area contributed by atoms with Crippen LogP contribution in [0.1, 0.15) is 56.8 Å². The van der Waals surface area contributed by atoms with Gasteiger partial charge in [0.2, 0.25) is 5.43 Å². The van der Waals surface area contributed by atoms with Crippen LogP contribution in [0.15, 0.2) is 59.5 Å². The number of fused-ring (bicyclic) bond motifs is 3. The van der Waals surface area contributed by atoms with Gasteiger partial charge in [-0.3, -0.25) is 20.4 Å². The molecule has 0 bridgehead atoms. The highest BCUT2D eigenvalue weighted by atomic mass is 16.5. The van der Waals surface area contributed by atoms with Gasteiger partial charge < -0.3 is 24.8 Å². The number of anilines is 1. The van der Waals surface area contributed by atoms with Crippen molar-refractivity contribution in [2.24, 2.45) is 5.84 Å². The predicted molar refractivity (Wildman–Crippen MR) is 178 cm³/mol. The van der Waals surface area contributed by atoms with E-state index < -0.39 is 0 Å². The molecular formula is C34H46N6O3. The number of aromatic nitrogens is 1. The van der Waals surface area contributed by atoms with Gasteiger partial charge in [0.15, 0.2) is 11.5 Å².